The van der Waals surface area contributed by atoms with Gasteiger partial charge in [0.25, 0.3) is 0 Å². The van der Waals surface area contributed by atoms with Crippen LogP contribution in [0.1, 0.15) is 0 Å². The first-order valence-electron chi connectivity index (χ1n) is 5.07. The fourth-order valence-corrected chi connectivity index (χ4v) is 1.62. The number of nitrogens with zero attached hydrogens (tertiary/aromatic N) is 3. The highest BCUT2D eigenvalue weighted by molar-refractivity contribution is 6.42. The van der Waals surface area contributed by atoms with E-state index in [0.717, 1.165) is 5.56 Å². The lowest BCUT2D eigenvalue weighted by Crippen LogP contribution is -2.03. The van der Waals surface area contributed by atoms with Gasteiger partial charge in [-0.05, 0) is 18.2 Å². The van der Waals surface area contributed by atoms with Gasteiger partial charge in [0, 0.05) is 12.6 Å². The highest BCUT2D eigenvalue weighted by atomic mass is 35.5. The molecule has 18 heavy (non-hydrogen) atoms. The Hall–Kier alpha value is -1.59. The van der Waals surface area contributed by atoms with E-state index in [1.807, 2.05) is 0 Å². The van der Waals surface area contributed by atoms with Crippen LogP contribution in [0.25, 0.3) is 11.4 Å². The average Bonchev–Trinajstić information content (AvgIpc) is 2.41. The summed E-state index contributed by atoms with van der Waals surface area (Å²) in [5.41, 5.74) is 0.738. The molecule has 0 amide bonds. The van der Waals surface area contributed by atoms with E-state index < -0.39 is 0 Å². The summed E-state index contributed by atoms with van der Waals surface area (Å²) in [6.07, 6.45) is 0. The van der Waals surface area contributed by atoms with Crippen molar-refractivity contribution in [3.63, 3.8) is 0 Å². The number of aromatic nitrogens is 3. The van der Waals surface area contributed by atoms with E-state index in [9.17, 15) is 0 Å². The molecule has 0 aliphatic heterocycles. The molecule has 0 saturated heterocycles. The molecule has 7 heteroatoms. The third-order valence-electron chi connectivity index (χ3n) is 2.20. The van der Waals surface area contributed by atoms with E-state index in [1.165, 1.54) is 7.11 Å². The SMILES string of the molecule is CNc1nc(OC)nc(-c2ccc(Cl)c(Cl)c2)n1. The number of rotatable bonds is 3. The first-order valence-corrected chi connectivity index (χ1v) is 5.83. The van der Waals surface area contributed by atoms with E-state index >= 15 is 0 Å². The molecule has 0 bridgehead atoms. The van der Waals surface area contributed by atoms with Gasteiger partial charge in [0.1, 0.15) is 0 Å². The maximum Gasteiger partial charge on any atom is 0.321 e. The van der Waals surface area contributed by atoms with Gasteiger partial charge in [0.05, 0.1) is 17.2 Å². The summed E-state index contributed by atoms with van der Waals surface area (Å²) in [4.78, 5) is 12.4. The van der Waals surface area contributed by atoms with Gasteiger partial charge < -0.3 is 10.1 Å². The van der Waals surface area contributed by atoms with E-state index in [2.05, 4.69) is 20.3 Å². The van der Waals surface area contributed by atoms with Crippen molar-refractivity contribution in [2.24, 2.45) is 0 Å². The van der Waals surface area contributed by atoms with Crippen molar-refractivity contribution in [1.82, 2.24) is 15.0 Å². The lowest BCUT2D eigenvalue weighted by molar-refractivity contribution is 0.379. The van der Waals surface area contributed by atoms with Crippen LogP contribution in [0.3, 0.4) is 0 Å². The third-order valence-corrected chi connectivity index (χ3v) is 2.94. The van der Waals surface area contributed by atoms with Gasteiger partial charge in [-0.1, -0.05) is 23.2 Å². The zero-order chi connectivity index (χ0) is 13.1. The zero-order valence-corrected chi connectivity index (χ0v) is 11.2. The molecule has 0 unspecified atom stereocenters. The maximum atomic E-state index is 5.96. The van der Waals surface area contributed by atoms with Crippen LogP contribution >= 0.6 is 23.2 Å². The Morgan fingerprint density at radius 2 is 1.89 bits per heavy atom. The van der Waals surface area contributed by atoms with Crippen molar-refractivity contribution in [2.45, 2.75) is 0 Å². The quantitative estimate of drug-likeness (QED) is 0.939. The smallest absolute Gasteiger partial charge is 0.321 e. The van der Waals surface area contributed by atoms with Gasteiger partial charge in [-0.25, -0.2) is 0 Å². The van der Waals surface area contributed by atoms with Crippen molar-refractivity contribution in [3.05, 3.63) is 28.2 Å². The van der Waals surface area contributed by atoms with Gasteiger partial charge in [0.15, 0.2) is 5.82 Å². The normalized spacial score (nSPS) is 10.2. The molecule has 2 aromatic rings. The monoisotopic (exact) mass is 284 g/mol. The summed E-state index contributed by atoms with van der Waals surface area (Å²) in [5, 5.41) is 3.76. The standard InChI is InChI=1S/C11H10Cl2N4O/c1-14-10-15-9(16-11(17-10)18-2)6-3-4-7(12)8(13)5-6/h3-5H,1-2H3,(H,14,15,16,17). The molecule has 0 aliphatic rings. The molecular weight excluding hydrogens is 275 g/mol. The predicted octanol–water partition coefficient (Wildman–Crippen LogP) is 2.90. The summed E-state index contributed by atoms with van der Waals surface area (Å²) < 4.78 is 5.01. The summed E-state index contributed by atoms with van der Waals surface area (Å²) in [6, 6.07) is 5.39. The Bertz CT molecular complexity index is 555. The average molecular weight is 285 g/mol. The highest BCUT2D eigenvalue weighted by Gasteiger charge is 2.09. The third kappa shape index (κ3) is 2.63. The topological polar surface area (TPSA) is 59.9 Å². The number of halogens is 2. The maximum absolute atomic E-state index is 5.96. The minimum absolute atomic E-state index is 0.232. The van der Waals surface area contributed by atoms with E-state index in [1.54, 1.807) is 25.2 Å². The Morgan fingerprint density at radius 1 is 1.11 bits per heavy atom. The Balaban J connectivity index is 2.51. The number of anilines is 1. The Kier molecular flexibility index (Phi) is 3.84. The van der Waals surface area contributed by atoms with Crippen LogP contribution in [-0.4, -0.2) is 29.1 Å². The molecule has 0 atom stereocenters. The summed E-state index contributed by atoms with van der Waals surface area (Å²) in [5.74, 6) is 0.882. The molecule has 0 spiro atoms. The van der Waals surface area contributed by atoms with Gasteiger partial charge in [-0.15, -0.1) is 0 Å². The lowest BCUT2D eigenvalue weighted by atomic mass is 10.2. The Labute approximate surface area is 114 Å². The fourth-order valence-electron chi connectivity index (χ4n) is 1.32. The van der Waals surface area contributed by atoms with E-state index in [-0.39, 0.29) is 6.01 Å². The molecule has 0 saturated carbocycles. The Morgan fingerprint density at radius 3 is 2.50 bits per heavy atom. The number of benzene rings is 1. The second-order valence-corrected chi connectivity index (χ2v) is 4.16. The van der Waals surface area contributed by atoms with Crippen LogP contribution in [-0.2, 0) is 0 Å². The molecule has 1 aromatic carbocycles. The number of nitrogens with one attached hydrogen (secondary N) is 1. The molecule has 94 valence electrons. The van der Waals surface area contributed by atoms with Crippen LogP contribution < -0.4 is 10.1 Å². The summed E-state index contributed by atoms with van der Waals surface area (Å²) in [6.45, 7) is 0. The molecule has 0 radical (unpaired) electrons. The zero-order valence-electron chi connectivity index (χ0n) is 9.74. The molecule has 1 N–H and O–H groups in total. The fraction of sp³-hybridized carbons (Fsp3) is 0.182. The molecule has 1 heterocycles. The first kappa shape index (κ1) is 12.9. The van der Waals surface area contributed by atoms with Crippen LogP contribution in [0, 0.1) is 0 Å². The predicted molar refractivity (Wildman–Crippen MR) is 71.4 cm³/mol. The highest BCUT2D eigenvalue weighted by Crippen LogP contribution is 2.27. The van der Waals surface area contributed by atoms with Crippen LogP contribution in [0.5, 0.6) is 6.01 Å². The number of methoxy groups -OCH3 is 1. The van der Waals surface area contributed by atoms with Crippen molar-refractivity contribution in [3.8, 4) is 17.4 Å². The molecular formula is C11H10Cl2N4O. The minimum Gasteiger partial charge on any atom is -0.467 e. The summed E-state index contributed by atoms with van der Waals surface area (Å²) in [7, 11) is 3.21. The van der Waals surface area contributed by atoms with Crippen molar-refractivity contribution in [1.29, 1.82) is 0 Å². The second-order valence-electron chi connectivity index (χ2n) is 3.35. The molecule has 2 rings (SSSR count). The number of hydrogen-bond donors (Lipinski definition) is 1. The van der Waals surface area contributed by atoms with Gasteiger partial charge in [-0.2, -0.15) is 15.0 Å². The molecule has 0 fully saturated rings. The molecule has 0 aliphatic carbocycles. The second kappa shape index (κ2) is 5.37. The number of hydrogen-bond acceptors (Lipinski definition) is 5. The van der Waals surface area contributed by atoms with Crippen molar-refractivity contribution in [2.75, 3.05) is 19.5 Å². The molecule has 1 aromatic heterocycles. The van der Waals surface area contributed by atoms with Gasteiger partial charge >= 0.3 is 6.01 Å². The van der Waals surface area contributed by atoms with Crippen molar-refractivity contribution >= 4 is 29.2 Å². The van der Waals surface area contributed by atoms with E-state index in [4.69, 9.17) is 27.9 Å². The molecule has 5 nitrogen and oxygen atoms in total. The van der Waals surface area contributed by atoms with Crippen LogP contribution in [0.4, 0.5) is 5.95 Å². The van der Waals surface area contributed by atoms with Crippen LogP contribution in [0.15, 0.2) is 18.2 Å². The summed E-state index contributed by atoms with van der Waals surface area (Å²) >= 11 is 11.8. The lowest BCUT2D eigenvalue weighted by Gasteiger charge is -2.06. The van der Waals surface area contributed by atoms with Crippen LogP contribution in [0.2, 0.25) is 10.0 Å². The van der Waals surface area contributed by atoms with Gasteiger partial charge in [0.2, 0.25) is 5.95 Å². The minimum atomic E-state index is 0.232. The number of ether oxygens (including phenoxy) is 1. The van der Waals surface area contributed by atoms with E-state index in [0.29, 0.717) is 21.8 Å². The largest absolute Gasteiger partial charge is 0.467 e. The first-order chi connectivity index (χ1) is 8.63. The van der Waals surface area contributed by atoms with Crippen molar-refractivity contribution < 1.29 is 4.74 Å². The van der Waals surface area contributed by atoms with Gasteiger partial charge in [-0.3, -0.25) is 0 Å².